The zero-order valence-corrected chi connectivity index (χ0v) is 14.1. The fourth-order valence-corrected chi connectivity index (χ4v) is 4.87. The Morgan fingerprint density at radius 2 is 1.68 bits per heavy atom. The number of allylic oxidation sites excluding steroid dienone is 2. The minimum atomic E-state index is -1.01. The Kier molecular flexibility index (Phi) is 3.74. The van der Waals surface area contributed by atoms with Crippen LogP contribution in [0.3, 0.4) is 0 Å². The molecular weight excluding hydrogens is 318 g/mol. The minimum Gasteiger partial charge on any atom is -0.481 e. The molecule has 3 aliphatic carbocycles. The lowest BCUT2D eigenvalue weighted by molar-refractivity contribution is -0.146. The summed E-state index contributed by atoms with van der Waals surface area (Å²) in [5.74, 6) is -1.79. The molecule has 5 unspecified atom stereocenters. The smallest absolute Gasteiger partial charge is 0.305 e. The van der Waals surface area contributed by atoms with E-state index in [0.717, 1.165) is 24.0 Å². The summed E-state index contributed by atoms with van der Waals surface area (Å²) in [4.78, 5) is 39.0. The molecule has 5 nitrogen and oxygen atoms in total. The van der Waals surface area contributed by atoms with Crippen LogP contribution < -0.4 is 0 Å². The Morgan fingerprint density at radius 3 is 2.16 bits per heavy atom. The van der Waals surface area contributed by atoms with Gasteiger partial charge in [-0.05, 0) is 42.7 Å². The molecule has 1 aromatic carbocycles. The first kappa shape index (κ1) is 16.1. The Morgan fingerprint density at radius 1 is 1.12 bits per heavy atom. The molecule has 2 bridgehead atoms. The fourth-order valence-electron chi connectivity index (χ4n) is 4.87. The van der Waals surface area contributed by atoms with Crippen molar-refractivity contribution in [3.63, 3.8) is 0 Å². The molecule has 5 rings (SSSR count). The van der Waals surface area contributed by atoms with Gasteiger partial charge in [-0.3, -0.25) is 19.3 Å². The number of hydrogen-bond acceptors (Lipinski definition) is 3. The Balaban J connectivity index is 1.75. The molecule has 0 radical (unpaired) electrons. The molecular formula is C20H21NO4. The molecule has 1 N–H and O–H groups in total. The number of nitrogens with zero attached hydrogens (tertiary/aromatic N) is 1. The van der Waals surface area contributed by atoms with Gasteiger partial charge in [0, 0.05) is 0 Å². The first-order valence-electron chi connectivity index (χ1n) is 8.81. The quantitative estimate of drug-likeness (QED) is 0.676. The van der Waals surface area contributed by atoms with E-state index in [1.165, 1.54) is 4.90 Å². The monoisotopic (exact) mass is 339 g/mol. The number of hydrogen-bond donors (Lipinski definition) is 1. The zero-order valence-electron chi connectivity index (χ0n) is 14.1. The van der Waals surface area contributed by atoms with E-state index in [4.69, 9.17) is 0 Å². The van der Waals surface area contributed by atoms with Crippen LogP contribution in [0.25, 0.3) is 0 Å². The molecule has 2 fully saturated rings. The summed E-state index contributed by atoms with van der Waals surface area (Å²) >= 11 is 0. The highest BCUT2D eigenvalue weighted by Gasteiger charge is 2.58. The van der Waals surface area contributed by atoms with Gasteiger partial charge in [-0.15, -0.1) is 0 Å². The number of likely N-dealkylation sites (tertiary alicyclic amines) is 1. The van der Waals surface area contributed by atoms with E-state index >= 15 is 0 Å². The van der Waals surface area contributed by atoms with Gasteiger partial charge < -0.3 is 5.11 Å². The second-order valence-corrected chi connectivity index (χ2v) is 7.36. The average molecular weight is 339 g/mol. The molecule has 25 heavy (non-hydrogen) atoms. The van der Waals surface area contributed by atoms with Crippen LogP contribution in [0.4, 0.5) is 0 Å². The number of carboxylic acids is 1. The number of amides is 2. The van der Waals surface area contributed by atoms with Crippen LogP contribution >= 0.6 is 0 Å². The Bertz CT molecular complexity index is 752. The molecule has 0 spiro atoms. The third kappa shape index (κ3) is 2.41. The molecule has 1 saturated carbocycles. The third-order valence-electron chi connectivity index (χ3n) is 6.02. The molecule has 4 aliphatic rings. The number of carbonyl (C=O) groups is 3. The largest absolute Gasteiger partial charge is 0.481 e. The SMILES string of the molecule is Cc1ccccc1C(CC(=O)O)N1C(=O)C2C3C=CC(CC3)C2C1=O. The second kappa shape index (κ2) is 5.83. The first-order chi connectivity index (χ1) is 12.0. The van der Waals surface area contributed by atoms with Crippen molar-refractivity contribution in [1.29, 1.82) is 0 Å². The Labute approximate surface area is 146 Å². The summed E-state index contributed by atoms with van der Waals surface area (Å²) in [5, 5.41) is 9.38. The van der Waals surface area contributed by atoms with Crippen LogP contribution in [0.1, 0.15) is 36.4 Å². The van der Waals surface area contributed by atoms with Crippen molar-refractivity contribution in [2.45, 2.75) is 32.2 Å². The molecule has 5 heteroatoms. The zero-order chi connectivity index (χ0) is 17.7. The van der Waals surface area contributed by atoms with Gasteiger partial charge in [0.2, 0.25) is 11.8 Å². The van der Waals surface area contributed by atoms with Crippen molar-refractivity contribution >= 4 is 17.8 Å². The maximum absolute atomic E-state index is 13.1. The third-order valence-corrected chi connectivity index (χ3v) is 6.02. The van der Waals surface area contributed by atoms with Crippen LogP contribution in [0.15, 0.2) is 36.4 Å². The molecule has 1 saturated heterocycles. The summed E-state index contributed by atoms with van der Waals surface area (Å²) in [7, 11) is 0. The van der Waals surface area contributed by atoms with Crippen molar-refractivity contribution in [2.75, 3.05) is 0 Å². The molecule has 1 aromatic rings. The van der Waals surface area contributed by atoms with E-state index in [1.807, 2.05) is 31.2 Å². The number of aryl methyl sites for hydroxylation is 1. The predicted octanol–water partition coefficient (Wildman–Crippen LogP) is 2.71. The van der Waals surface area contributed by atoms with Crippen LogP contribution in [0, 0.1) is 30.6 Å². The lowest BCUT2D eigenvalue weighted by atomic mass is 9.63. The number of carboxylic acid groups (broad SMARTS) is 1. The number of benzene rings is 1. The van der Waals surface area contributed by atoms with Crippen molar-refractivity contribution in [3.05, 3.63) is 47.5 Å². The van der Waals surface area contributed by atoms with Crippen molar-refractivity contribution in [2.24, 2.45) is 23.7 Å². The predicted molar refractivity (Wildman–Crippen MR) is 90.4 cm³/mol. The summed E-state index contributed by atoms with van der Waals surface area (Å²) in [6, 6.07) is 6.66. The second-order valence-electron chi connectivity index (χ2n) is 7.36. The van der Waals surface area contributed by atoms with Crippen LogP contribution in [-0.4, -0.2) is 27.8 Å². The number of rotatable bonds is 4. The molecule has 2 amide bonds. The van der Waals surface area contributed by atoms with Crippen molar-refractivity contribution in [3.8, 4) is 0 Å². The van der Waals surface area contributed by atoms with Crippen LogP contribution in [-0.2, 0) is 14.4 Å². The fraction of sp³-hybridized carbons (Fsp3) is 0.450. The molecule has 5 atom stereocenters. The van der Waals surface area contributed by atoms with Gasteiger partial charge in [0.15, 0.2) is 0 Å². The number of aliphatic carboxylic acids is 1. The highest BCUT2D eigenvalue weighted by atomic mass is 16.4. The highest BCUT2D eigenvalue weighted by Crippen LogP contribution is 2.51. The lowest BCUT2D eigenvalue weighted by Crippen LogP contribution is -2.38. The van der Waals surface area contributed by atoms with E-state index in [2.05, 4.69) is 12.2 Å². The van der Waals surface area contributed by atoms with Crippen molar-refractivity contribution in [1.82, 2.24) is 4.90 Å². The van der Waals surface area contributed by atoms with Gasteiger partial charge in [0.1, 0.15) is 0 Å². The van der Waals surface area contributed by atoms with Crippen LogP contribution in [0.5, 0.6) is 0 Å². The van der Waals surface area contributed by atoms with Gasteiger partial charge in [-0.1, -0.05) is 36.4 Å². The molecule has 1 heterocycles. The van der Waals surface area contributed by atoms with Gasteiger partial charge >= 0.3 is 5.97 Å². The van der Waals surface area contributed by atoms with E-state index < -0.39 is 12.0 Å². The lowest BCUT2D eigenvalue weighted by Gasteiger charge is -2.38. The summed E-state index contributed by atoms with van der Waals surface area (Å²) < 4.78 is 0. The topological polar surface area (TPSA) is 74.7 Å². The standard InChI is InChI=1S/C20H21NO4/c1-11-4-2-3-5-14(11)15(10-16(22)23)21-19(24)17-12-6-7-13(9-8-12)18(17)20(21)25/h2-7,12-13,15,17-18H,8-10H2,1H3,(H,22,23). The maximum Gasteiger partial charge on any atom is 0.305 e. The highest BCUT2D eigenvalue weighted by molar-refractivity contribution is 6.06. The molecule has 130 valence electrons. The molecule has 1 aliphatic heterocycles. The average Bonchev–Trinajstić information content (AvgIpc) is 2.88. The minimum absolute atomic E-state index is 0.110. The van der Waals surface area contributed by atoms with E-state index in [0.29, 0.717) is 0 Å². The maximum atomic E-state index is 13.1. The summed E-state index contributed by atoms with van der Waals surface area (Å²) in [6.45, 7) is 1.88. The van der Waals surface area contributed by atoms with Gasteiger partial charge in [0.25, 0.3) is 0 Å². The number of carbonyl (C=O) groups excluding carboxylic acids is 2. The van der Waals surface area contributed by atoms with Crippen LogP contribution in [0.2, 0.25) is 0 Å². The summed E-state index contributed by atoms with van der Waals surface area (Å²) in [6.07, 6.45) is 5.75. The Hall–Kier alpha value is -2.43. The summed E-state index contributed by atoms with van der Waals surface area (Å²) in [5.41, 5.74) is 1.64. The van der Waals surface area contributed by atoms with E-state index in [-0.39, 0.29) is 41.9 Å². The number of fused-ring (bicyclic) bond motifs is 1. The number of imide groups is 1. The van der Waals surface area contributed by atoms with E-state index in [9.17, 15) is 19.5 Å². The first-order valence-corrected chi connectivity index (χ1v) is 8.81. The van der Waals surface area contributed by atoms with Gasteiger partial charge in [-0.25, -0.2) is 0 Å². The van der Waals surface area contributed by atoms with Gasteiger partial charge in [-0.2, -0.15) is 0 Å². The normalized spacial score (nSPS) is 31.3. The molecule has 0 aromatic heterocycles. The van der Waals surface area contributed by atoms with E-state index in [1.54, 1.807) is 0 Å². The van der Waals surface area contributed by atoms with Crippen molar-refractivity contribution < 1.29 is 19.5 Å². The van der Waals surface area contributed by atoms with Gasteiger partial charge in [0.05, 0.1) is 24.3 Å².